The zero-order chi connectivity index (χ0) is 21.5. The van der Waals surface area contributed by atoms with Gasteiger partial charge in [-0.05, 0) is 56.4 Å². The van der Waals surface area contributed by atoms with Gasteiger partial charge in [0, 0.05) is 18.4 Å². The van der Waals surface area contributed by atoms with Crippen molar-refractivity contribution in [1.82, 2.24) is 0 Å². The maximum Gasteiger partial charge on any atom is 0.163 e. The van der Waals surface area contributed by atoms with Crippen LogP contribution in [0.3, 0.4) is 0 Å². The van der Waals surface area contributed by atoms with Crippen LogP contribution in [0.15, 0.2) is 12.1 Å². The number of hydrogen-bond donors (Lipinski definition) is 0. The van der Waals surface area contributed by atoms with Gasteiger partial charge in [0.25, 0.3) is 0 Å². The maximum absolute atomic E-state index is 12.6. The Morgan fingerprint density at radius 2 is 1.48 bits per heavy atom. The van der Waals surface area contributed by atoms with E-state index in [1.165, 1.54) is 38.5 Å². The molecule has 0 saturated carbocycles. The van der Waals surface area contributed by atoms with E-state index in [1.807, 2.05) is 19.1 Å². The number of benzene rings is 1. The van der Waals surface area contributed by atoms with Crippen molar-refractivity contribution in [3.05, 3.63) is 28.8 Å². The van der Waals surface area contributed by atoms with Crippen molar-refractivity contribution in [1.29, 1.82) is 0 Å². The van der Waals surface area contributed by atoms with Crippen LogP contribution in [-0.4, -0.2) is 24.1 Å². The third kappa shape index (κ3) is 10.8. The van der Waals surface area contributed by atoms with Gasteiger partial charge in [0.2, 0.25) is 0 Å². The molecule has 1 rings (SSSR count). The van der Waals surface area contributed by atoms with Gasteiger partial charge in [-0.1, -0.05) is 51.9 Å². The summed E-state index contributed by atoms with van der Waals surface area (Å²) in [7, 11) is 0. The first-order chi connectivity index (χ1) is 14.0. The molecule has 0 bridgehead atoms. The van der Waals surface area contributed by atoms with E-state index >= 15 is 0 Å². The lowest BCUT2D eigenvalue weighted by atomic mass is 9.99. The fourth-order valence-corrected chi connectivity index (χ4v) is 3.51. The summed E-state index contributed by atoms with van der Waals surface area (Å²) < 4.78 is 6.02. The predicted molar refractivity (Wildman–Crippen MR) is 123 cm³/mol. The molecular formula is C25H39ClO3. The summed E-state index contributed by atoms with van der Waals surface area (Å²) in [5, 5.41) is 0. The van der Waals surface area contributed by atoms with Gasteiger partial charge in [-0.2, -0.15) is 0 Å². The first-order valence-electron chi connectivity index (χ1n) is 11.3. The second kappa shape index (κ2) is 15.5. The molecule has 1 aromatic rings. The number of aryl methyl sites for hydroxylation is 1. The standard InChI is InChI=1S/C25H39ClO3/c1-4-5-6-7-8-9-13-16-29-25-18-22(17-20(2)21(25)3)24(28)15-12-10-11-14-23(27)19-26/h17-18H,4-16,19H2,1-3H3. The highest BCUT2D eigenvalue weighted by Crippen LogP contribution is 2.25. The molecule has 0 aliphatic rings. The minimum absolute atomic E-state index is 0.0786. The van der Waals surface area contributed by atoms with E-state index < -0.39 is 0 Å². The molecule has 0 unspecified atom stereocenters. The lowest BCUT2D eigenvalue weighted by Gasteiger charge is -2.13. The molecule has 0 aliphatic heterocycles. The summed E-state index contributed by atoms with van der Waals surface area (Å²) in [5.41, 5.74) is 2.95. The molecule has 0 N–H and O–H groups in total. The Kier molecular flexibility index (Phi) is 13.7. The van der Waals surface area contributed by atoms with Crippen molar-refractivity contribution in [2.24, 2.45) is 0 Å². The third-order valence-corrected chi connectivity index (χ3v) is 5.75. The summed E-state index contributed by atoms with van der Waals surface area (Å²) in [6.07, 6.45) is 12.3. The molecule has 0 aliphatic carbocycles. The number of hydrogen-bond acceptors (Lipinski definition) is 3. The summed E-state index contributed by atoms with van der Waals surface area (Å²) in [4.78, 5) is 23.8. The van der Waals surface area contributed by atoms with Gasteiger partial charge in [0.1, 0.15) is 11.5 Å². The Bertz CT molecular complexity index is 625. The van der Waals surface area contributed by atoms with Crippen LogP contribution in [0.1, 0.15) is 105 Å². The van der Waals surface area contributed by atoms with Gasteiger partial charge in [-0.25, -0.2) is 0 Å². The zero-order valence-corrected chi connectivity index (χ0v) is 19.4. The molecule has 1 aromatic carbocycles. The number of rotatable bonds is 17. The monoisotopic (exact) mass is 422 g/mol. The molecule has 0 aromatic heterocycles. The van der Waals surface area contributed by atoms with Gasteiger partial charge in [0.05, 0.1) is 12.5 Å². The van der Waals surface area contributed by atoms with Crippen LogP contribution < -0.4 is 4.74 Å². The Hall–Kier alpha value is -1.35. The Balaban J connectivity index is 2.41. The zero-order valence-electron chi connectivity index (χ0n) is 18.7. The molecule has 0 amide bonds. The van der Waals surface area contributed by atoms with Gasteiger partial charge in [0.15, 0.2) is 5.78 Å². The Morgan fingerprint density at radius 3 is 2.17 bits per heavy atom. The van der Waals surface area contributed by atoms with E-state index in [0.29, 0.717) is 19.4 Å². The number of unbranched alkanes of at least 4 members (excludes halogenated alkanes) is 8. The third-order valence-electron chi connectivity index (χ3n) is 5.46. The van der Waals surface area contributed by atoms with Crippen LogP contribution in [0.25, 0.3) is 0 Å². The maximum atomic E-state index is 12.6. The SMILES string of the molecule is CCCCCCCCCOc1cc(C(=O)CCCCCC(=O)CCl)cc(C)c1C. The number of ether oxygens (including phenoxy) is 1. The van der Waals surface area contributed by atoms with Gasteiger partial charge in [-0.15, -0.1) is 11.6 Å². The Labute approximate surface area is 182 Å². The average Bonchev–Trinajstić information content (AvgIpc) is 2.72. The van der Waals surface area contributed by atoms with Crippen molar-refractivity contribution in [2.45, 2.75) is 97.8 Å². The summed E-state index contributed by atoms with van der Waals surface area (Å²) in [6.45, 7) is 7.03. The van der Waals surface area contributed by atoms with Crippen molar-refractivity contribution in [3.8, 4) is 5.75 Å². The summed E-state index contributed by atoms with van der Waals surface area (Å²) >= 11 is 5.50. The van der Waals surface area contributed by atoms with Crippen molar-refractivity contribution in [2.75, 3.05) is 12.5 Å². The number of Topliss-reactive ketones (excluding diaryl/α,β-unsaturated/α-hetero) is 2. The number of carbonyl (C=O) groups is 2. The first-order valence-corrected chi connectivity index (χ1v) is 11.9. The Morgan fingerprint density at radius 1 is 0.862 bits per heavy atom. The fourth-order valence-electron chi connectivity index (χ4n) is 3.37. The molecule has 4 heteroatoms. The van der Waals surface area contributed by atoms with E-state index in [0.717, 1.165) is 48.1 Å². The summed E-state index contributed by atoms with van der Waals surface area (Å²) in [5.74, 6) is 1.16. The molecule has 0 atom stereocenters. The molecule has 0 radical (unpaired) electrons. The highest BCUT2D eigenvalue weighted by atomic mass is 35.5. The second-order valence-corrected chi connectivity index (χ2v) is 8.31. The number of alkyl halides is 1. The van der Waals surface area contributed by atoms with Crippen LogP contribution in [0.4, 0.5) is 0 Å². The van der Waals surface area contributed by atoms with Crippen LogP contribution in [-0.2, 0) is 4.79 Å². The van der Waals surface area contributed by atoms with Gasteiger partial charge in [-0.3, -0.25) is 9.59 Å². The number of carbonyl (C=O) groups excluding carboxylic acids is 2. The van der Waals surface area contributed by atoms with Crippen LogP contribution in [0.2, 0.25) is 0 Å². The largest absolute Gasteiger partial charge is 0.493 e. The summed E-state index contributed by atoms with van der Waals surface area (Å²) in [6, 6.07) is 3.87. The van der Waals surface area contributed by atoms with Gasteiger partial charge >= 0.3 is 0 Å². The molecule has 164 valence electrons. The highest BCUT2D eigenvalue weighted by Gasteiger charge is 2.12. The normalized spacial score (nSPS) is 10.9. The first kappa shape index (κ1) is 25.7. The molecule has 0 fully saturated rings. The van der Waals surface area contributed by atoms with Crippen molar-refractivity contribution in [3.63, 3.8) is 0 Å². The molecule has 0 spiro atoms. The smallest absolute Gasteiger partial charge is 0.163 e. The molecular weight excluding hydrogens is 384 g/mol. The van der Waals surface area contributed by atoms with Crippen LogP contribution >= 0.6 is 11.6 Å². The second-order valence-electron chi connectivity index (χ2n) is 8.04. The van der Waals surface area contributed by atoms with Crippen molar-refractivity contribution >= 4 is 23.2 Å². The predicted octanol–water partition coefficient (Wildman–Crippen LogP) is 7.37. The van der Waals surface area contributed by atoms with Crippen LogP contribution in [0.5, 0.6) is 5.75 Å². The van der Waals surface area contributed by atoms with Gasteiger partial charge < -0.3 is 4.74 Å². The quantitative estimate of drug-likeness (QED) is 0.149. The van der Waals surface area contributed by atoms with E-state index in [4.69, 9.17) is 16.3 Å². The van der Waals surface area contributed by atoms with E-state index in [1.54, 1.807) is 0 Å². The molecule has 29 heavy (non-hydrogen) atoms. The molecule has 3 nitrogen and oxygen atoms in total. The molecule has 0 saturated heterocycles. The van der Waals surface area contributed by atoms with E-state index in [-0.39, 0.29) is 17.4 Å². The minimum atomic E-state index is 0.0786. The van der Waals surface area contributed by atoms with Crippen LogP contribution in [0, 0.1) is 13.8 Å². The van der Waals surface area contributed by atoms with E-state index in [9.17, 15) is 9.59 Å². The topological polar surface area (TPSA) is 43.4 Å². The minimum Gasteiger partial charge on any atom is -0.493 e. The number of ketones is 2. The number of halogens is 1. The highest BCUT2D eigenvalue weighted by molar-refractivity contribution is 6.27. The fraction of sp³-hybridized carbons (Fsp3) is 0.680. The lowest BCUT2D eigenvalue weighted by Crippen LogP contribution is -2.05. The van der Waals surface area contributed by atoms with Crippen molar-refractivity contribution < 1.29 is 14.3 Å². The lowest BCUT2D eigenvalue weighted by molar-refractivity contribution is -0.116. The van der Waals surface area contributed by atoms with E-state index in [2.05, 4.69) is 13.8 Å². The molecule has 0 heterocycles. The average molecular weight is 423 g/mol.